The summed E-state index contributed by atoms with van der Waals surface area (Å²) in [5.74, 6) is -0.0332. The third-order valence-electron chi connectivity index (χ3n) is 5.24. The molecule has 0 aliphatic carbocycles. The first-order chi connectivity index (χ1) is 14.7. The number of hydrogen-bond acceptors (Lipinski definition) is 3. The van der Waals surface area contributed by atoms with E-state index in [0.29, 0.717) is 24.7 Å². The Bertz CT molecular complexity index is 908. The van der Waals surface area contributed by atoms with E-state index in [1.54, 1.807) is 0 Å². The fraction of sp³-hybridized carbons (Fsp3) is 0.240. The second kappa shape index (κ2) is 9.90. The van der Waals surface area contributed by atoms with Crippen molar-refractivity contribution in [1.82, 2.24) is 4.90 Å². The van der Waals surface area contributed by atoms with Gasteiger partial charge in [-0.15, -0.1) is 0 Å². The van der Waals surface area contributed by atoms with Crippen LogP contribution < -0.4 is 0 Å². The molecule has 0 spiro atoms. The lowest BCUT2D eigenvalue weighted by molar-refractivity contribution is -0.145. The van der Waals surface area contributed by atoms with Crippen LogP contribution in [0.25, 0.3) is 0 Å². The van der Waals surface area contributed by atoms with Gasteiger partial charge >= 0.3 is 0 Å². The summed E-state index contributed by atoms with van der Waals surface area (Å²) < 4.78 is 12.0. The Labute approximate surface area is 182 Å². The summed E-state index contributed by atoms with van der Waals surface area (Å²) in [7, 11) is 0. The molecule has 30 heavy (non-hydrogen) atoms. The largest absolute Gasteiger partial charge is 0.370 e. The molecule has 5 heteroatoms. The third kappa shape index (κ3) is 5.08. The number of benzene rings is 3. The summed E-state index contributed by atoms with van der Waals surface area (Å²) in [6.45, 7) is 1.58. The molecule has 154 valence electrons. The molecule has 1 atom stereocenters. The predicted molar refractivity (Wildman–Crippen MR) is 117 cm³/mol. The highest BCUT2D eigenvalue weighted by Crippen LogP contribution is 2.27. The van der Waals surface area contributed by atoms with Crippen LogP contribution in [0.1, 0.15) is 28.9 Å². The number of morpholine rings is 1. The first-order valence-electron chi connectivity index (χ1n) is 10.1. The second-order valence-corrected chi connectivity index (χ2v) is 7.70. The molecular weight excluding hydrogens is 398 g/mol. The average Bonchev–Trinajstić information content (AvgIpc) is 2.81. The summed E-state index contributed by atoms with van der Waals surface area (Å²) in [5, 5.41) is 0.684. The van der Waals surface area contributed by atoms with Crippen LogP contribution in [0.15, 0.2) is 84.9 Å². The fourth-order valence-electron chi connectivity index (χ4n) is 3.64. The topological polar surface area (TPSA) is 38.8 Å². The van der Waals surface area contributed by atoms with Crippen molar-refractivity contribution in [2.45, 2.75) is 12.2 Å². The minimum atomic E-state index is -0.288. The number of ether oxygens (including phenoxy) is 2. The van der Waals surface area contributed by atoms with E-state index < -0.39 is 0 Å². The molecule has 3 aromatic carbocycles. The molecular formula is C25H24ClNO3. The van der Waals surface area contributed by atoms with Gasteiger partial charge in [0.25, 0.3) is 0 Å². The summed E-state index contributed by atoms with van der Waals surface area (Å²) in [6.07, 6.45) is -0.441. The van der Waals surface area contributed by atoms with Gasteiger partial charge in [-0.2, -0.15) is 0 Å². The molecule has 0 saturated carbocycles. The van der Waals surface area contributed by atoms with Crippen molar-refractivity contribution >= 4 is 17.5 Å². The van der Waals surface area contributed by atoms with Gasteiger partial charge in [-0.05, 0) is 28.8 Å². The minimum Gasteiger partial charge on any atom is -0.370 e. The molecule has 4 rings (SSSR count). The molecule has 1 saturated heterocycles. The molecule has 0 N–H and O–H groups in total. The normalized spacial score (nSPS) is 16.6. The minimum absolute atomic E-state index is 0.0157. The SMILES string of the molecule is O=C(COC(c1ccccc1)c1ccccc1)N1CCOC(c2ccc(Cl)cc2)C1. The van der Waals surface area contributed by atoms with E-state index in [4.69, 9.17) is 21.1 Å². The zero-order chi connectivity index (χ0) is 20.8. The van der Waals surface area contributed by atoms with Crippen LogP contribution in [0.2, 0.25) is 5.02 Å². The van der Waals surface area contributed by atoms with Crippen LogP contribution >= 0.6 is 11.6 Å². The van der Waals surface area contributed by atoms with Crippen molar-refractivity contribution in [2.24, 2.45) is 0 Å². The van der Waals surface area contributed by atoms with Crippen LogP contribution in [0.4, 0.5) is 0 Å². The summed E-state index contributed by atoms with van der Waals surface area (Å²) in [6, 6.07) is 27.5. The average molecular weight is 422 g/mol. The molecule has 0 bridgehead atoms. The summed E-state index contributed by atoms with van der Waals surface area (Å²) in [5.41, 5.74) is 3.07. The van der Waals surface area contributed by atoms with Crippen LogP contribution in [0.5, 0.6) is 0 Å². The van der Waals surface area contributed by atoms with Crippen molar-refractivity contribution in [2.75, 3.05) is 26.3 Å². The van der Waals surface area contributed by atoms with Gasteiger partial charge < -0.3 is 14.4 Å². The highest BCUT2D eigenvalue weighted by atomic mass is 35.5. The Hall–Kier alpha value is -2.66. The number of carbonyl (C=O) groups is 1. The second-order valence-electron chi connectivity index (χ2n) is 7.26. The molecule has 1 unspecified atom stereocenters. The van der Waals surface area contributed by atoms with E-state index in [9.17, 15) is 4.79 Å². The Balaban J connectivity index is 1.42. The lowest BCUT2D eigenvalue weighted by Crippen LogP contribution is -2.44. The lowest BCUT2D eigenvalue weighted by atomic mass is 10.0. The van der Waals surface area contributed by atoms with Crippen molar-refractivity contribution in [1.29, 1.82) is 0 Å². The van der Waals surface area contributed by atoms with Gasteiger partial charge in [-0.1, -0.05) is 84.4 Å². The maximum absolute atomic E-state index is 12.9. The van der Waals surface area contributed by atoms with E-state index in [-0.39, 0.29) is 24.7 Å². The standard InChI is InChI=1S/C25H24ClNO3/c26-22-13-11-19(12-14-22)23-17-27(15-16-29-23)24(28)18-30-25(20-7-3-1-4-8-20)21-9-5-2-6-10-21/h1-14,23,25H,15-18H2. The zero-order valence-electron chi connectivity index (χ0n) is 16.6. The van der Waals surface area contributed by atoms with E-state index in [1.807, 2.05) is 89.8 Å². The van der Waals surface area contributed by atoms with E-state index in [0.717, 1.165) is 16.7 Å². The summed E-state index contributed by atoms with van der Waals surface area (Å²) >= 11 is 5.98. The van der Waals surface area contributed by atoms with E-state index in [1.165, 1.54) is 0 Å². The monoisotopic (exact) mass is 421 g/mol. The van der Waals surface area contributed by atoms with Gasteiger partial charge in [0, 0.05) is 11.6 Å². The molecule has 1 aliphatic rings. The number of carbonyl (C=O) groups excluding carboxylic acids is 1. The summed E-state index contributed by atoms with van der Waals surface area (Å²) in [4.78, 5) is 14.7. The number of hydrogen-bond donors (Lipinski definition) is 0. The van der Waals surface area contributed by atoms with Crippen molar-refractivity contribution < 1.29 is 14.3 Å². The Kier molecular flexibility index (Phi) is 6.80. The van der Waals surface area contributed by atoms with Gasteiger partial charge in [0.15, 0.2) is 0 Å². The number of nitrogens with zero attached hydrogens (tertiary/aromatic N) is 1. The number of rotatable bonds is 6. The molecule has 1 fully saturated rings. The van der Waals surface area contributed by atoms with Crippen LogP contribution in [0.3, 0.4) is 0 Å². The Morgan fingerprint density at radius 2 is 1.57 bits per heavy atom. The lowest BCUT2D eigenvalue weighted by Gasteiger charge is -2.33. The van der Waals surface area contributed by atoms with Crippen LogP contribution in [0, 0.1) is 0 Å². The zero-order valence-corrected chi connectivity index (χ0v) is 17.4. The molecule has 0 aromatic heterocycles. The van der Waals surface area contributed by atoms with Crippen LogP contribution in [-0.4, -0.2) is 37.1 Å². The molecule has 1 amide bonds. The van der Waals surface area contributed by atoms with Crippen molar-refractivity contribution in [3.63, 3.8) is 0 Å². The molecule has 0 radical (unpaired) electrons. The van der Waals surface area contributed by atoms with Gasteiger partial charge in [0.2, 0.25) is 5.91 Å². The molecule has 1 heterocycles. The highest BCUT2D eigenvalue weighted by molar-refractivity contribution is 6.30. The predicted octanol–water partition coefficient (Wildman–Crippen LogP) is 5.05. The molecule has 3 aromatic rings. The van der Waals surface area contributed by atoms with Crippen LogP contribution in [-0.2, 0) is 14.3 Å². The van der Waals surface area contributed by atoms with Gasteiger partial charge in [0.05, 0.1) is 13.2 Å². The van der Waals surface area contributed by atoms with Gasteiger partial charge in [-0.25, -0.2) is 0 Å². The number of amides is 1. The quantitative estimate of drug-likeness (QED) is 0.559. The molecule has 1 aliphatic heterocycles. The first-order valence-corrected chi connectivity index (χ1v) is 10.4. The maximum Gasteiger partial charge on any atom is 0.248 e. The van der Waals surface area contributed by atoms with Gasteiger partial charge in [0.1, 0.15) is 18.8 Å². The fourth-order valence-corrected chi connectivity index (χ4v) is 3.77. The smallest absolute Gasteiger partial charge is 0.248 e. The van der Waals surface area contributed by atoms with Crippen molar-refractivity contribution in [3.8, 4) is 0 Å². The van der Waals surface area contributed by atoms with E-state index >= 15 is 0 Å². The van der Waals surface area contributed by atoms with Crippen molar-refractivity contribution in [3.05, 3.63) is 107 Å². The maximum atomic E-state index is 12.9. The first kappa shape index (κ1) is 20.6. The third-order valence-corrected chi connectivity index (χ3v) is 5.49. The Morgan fingerprint density at radius 3 is 2.17 bits per heavy atom. The highest BCUT2D eigenvalue weighted by Gasteiger charge is 2.26. The number of halogens is 1. The Morgan fingerprint density at radius 1 is 0.967 bits per heavy atom. The van der Waals surface area contributed by atoms with E-state index in [2.05, 4.69) is 0 Å². The van der Waals surface area contributed by atoms with Gasteiger partial charge in [-0.3, -0.25) is 4.79 Å². The molecule has 4 nitrogen and oxygen atoms in total.